The lowest BCUT2D eigenvalue weighted by molar-refractivity contribution is -0.135. The molecule has 0 spiro atoms. The number of hydrogen-bond acceptors (Lipinski definition) is 6. The van der Waals surface area contributed by atoms with Crippen molar-refractivity contribution in [2.75, 3.05) is 24.9 Å². The van der Waals surface area contributed by atoms with Crippen LogP contribution in [0.1, 0.15) is 25.0 Å². The van der Waals surface area contributed by atoms with Gasteiger partial charge in [0.05, 0.1) is 14.2 Å². The lowest BCUT2D eigenvalue weighted by Gasteiger charge is -2.09. The van der Waals surface area contributed by atoms with Crippen LogP contribution in [0.3, 0.4) is 0 Å². The van der Waals surface area contributed by atoms with Gasteiger partial charge in [0.15, 0.2) is 0 Å². The summed E-state index contributed by atoms with van der Waals surface area (Å²) in [6.45, 7) is 3.62. The third kappa shape index (κ3) is 7.54. The van der Waals surface area contributed by atoms with Crippen molar-refractivity contribution in [3.63, 3.8) is 0 Å². The minimum atomic E-state index is -0.388. The van der Waals surface area contributed by atoms with Crippen LogP contribution in [0.5, 0.6) is 0 Å². The number of esters is 2. The number of ether oxygens (including phenoxy) is 2. The Kier molecular flexibility index (Phi) is 8.03. The molecule has 0 heterocycles. The second-order valence-corrected chi connectivity index (χ2v) is 6.52. The van der Waals surface area contributed by atoms with Crippen molar-refractivity contribution in [3.8, 4) is 0 Å². The quantitative estimate of drug-likeness (QED) is 0.515. The molecule has 0 saturated heterocycles. The smallest absolute Gasteiger partial charge is 0.332 e. The highest BCUT2D eigenvalue weighted by atomic mass is 16.5. The standard InChI is InChI=1S/C23H26N2O4/c1-16(13-22(26)28-3)24-20-9-5-18(6-10-20)15-19-7-11-21(12-8-19)25-17(2)14-23(27)29-4/h5-14,24-25H,15H2,1-4H3/b16-13+,17-14+. The molecule has 0 aromatic heterocycles. The summed E-state index contributed by atoms with van der Waals surface area (Å²) < 4.78 is 9.22. The fourth-order valence-corrected chi connectivity index (χ4v) is 2.65. The van der Waals surface area contributed by atoms with Gasteiger partial charge in [0.1, 0.15) is 0 Å². The zero-order chi connectivity index (χ0) is 21.2. The van der Waals surface area contributed by atoms with Gasteiger partial charge in [-0.05, 0) is 55.7 Å². The number of benzene rings is 2. The zero-order valence-electron chi connectivity index (χ0n) is 17.1. The number of methoxy groups -OCH3 is 2. The molecule has 29 heavy (non-hydrogen) atoms. The maximum Gasteiger partial charge on any atom is 0.332 e. The predicted octanol–water partition coefficient (Wildman–Crippen LogP) is 4.25. The van der Waals surface area contributed by atoms with Gasteiger partial charge in [-0.25, -0.2) is 9.59 Å². The molecule has 0 fully saturated rings. The first-order valence-corrected chi connectivity index (χ1v) is 9.14. The van der Waals surface area contributed by atoms with Crippen LogP contribution >= 0.6 is 0 Å². The highest BCUT2D eigenvalue weighted by Gasteiger charge is 2.02. The molecule has 0 bridgehead atoms. The number of carbonyl (C=O) groups is 2. The van der Waals surface area contributed by atoms with Gasteiger partial charge in [0.2, 0.25) is 0 Å². The van der Waals surface area contributed by atoms with Crippen molar-refractivity contribution >= 4 is 23.3 Å². The summed E-state index contributed by atoms with van der Waals surface area (Å²) in [5.41, 5.74) is 5.58. The molecule has 2 rings (SSSR count). The molecule has 152 valence electrons. The van der Waals surface area contributed by atoms with E-state index >= 15 is 0 Å². The van der Waals surface area contributed by atoms with E-state index in [4.69, 9.17) is 0 Å². The van der Waals surface area contributed by atoms with E-state index in [-0.39, 0.29) is 11.9 Å². The van der Waals surface area contributed by atoms with E-state index in [0.717, 1.165) is 17.8 Å². The normalized spacial score (nSPS) is 11.6. The van der Waals surface area contributed by atoms with Crippen LogP contribution in [0.15, 0.2) is 72.1 Å². The fraction of sp³-hybridized carbons (Fsp3) is 0.217. The van der Waals surface area contributed by atoms with Gasteiger partial charge in [-0.15, -0.1) is 0 Å². The van der Waals surface area contributed by atoms with Gasteiger partial charge in [-0.1, -0.05) is 24.3 Å². The Morgan fingerprint density at radius 2 is 1.07 bits per heavy atom. The van der Waals surface area contributed by atoms with Crippen LogP contribution in [0.2, 0.25) is 0 Å². The number of hydrogen-bond donors (Lipinski definition) is 2. The summed E-state index contributed by atoms with van der Waals surface area (Å²) in [7, 11) is 2.70. The summed E-state index contributed by atoms with van der Waals surface area (Å²) >= 11 is 0. The van der Waals surface area contributed by atoms with Gasteiger partial charge in [0, 0.05) is 34.9 Å². The molecule has 2 N–H and O–H groups in total. The molecule has 0 atom stereocenters. The molecule has 0 aliphatic carbocycles. The van der Waals surface area contributed by atoms with Crippen LogP contribution in [-0.2, 0) is 25.5 Å². The van der Waals surface area contributed by atoms with Crippen LogP contribution in [0.4, 0.5) is 11.4 Å². The molecular formula is C23H26N2O4. The Balaban J connectivity index is 1.95. The first-order chi connectivity index (χ1) is 13.9. The van der Waals surface area contributed by atoms with E-state index in [1.807, 2.05) is 62.4 Å². The molecule has 0 aliphatic rings. The summed E-state index contributed by atoms with van der Waals surface area (Å²) in [6.07, 6.45) is 3.62. The number of allylic oxidation sites excluding steroid dienone is 2. The second-order valence-electron chi connectivity index (χ2n) is 6.52. The predicted molar refractivity (Wildman–Crippen MR) is 114 cm³/mol. The summed E-state index contributed by atoms with van der Waals surface area (Å²) in [4.78, 5) is 22.5. The monoisotopic (exact) mass is 394 g/mol. The number of rotatable bonds is 8. The maximum atomic E-state index is 11.2. The maximum absolute atomic E-state index is 11.2. The molecule has 0 unspecified atom stereocenters. The zero-order valence-corrected chi connectivity index (χ0v) is 17.1. The van der Waals surface area contributed by atoms with Gasteiger partial charge in [0.25, 0.3) is 0 Å². The largest absolute Gasteiger partial charge is 0.466 e. The molecule has 0 radical (unpaired) electrons. The third-order valence-corrected chi connectivity index (χ3v) is 4.07. The van der Waals surface area contributed by atoms with Crippen molar-refractivity contribution < 1.29 is 19.1 Å². The van der Waals surface area contributed by atoms with E-state index in [9.17, 15) is 9.59 Å². The van der Waals surface area contributed by atoms with Crippen molar-refractivity contribution in [2.24, 2.45) is 0 Å². The number of carbonyl (C=O) groups excluding carboxylic acids is 2. The van der Waals surface area contributed by atoms with Crippen molar-refractivity contribution in [3.05, 3.63) is 83.2 Å². The van der Waals surface area contributed by atoms with Crippen LogP contribution < -0.4 is 10.6 Å². The second kappa shape index (κ2) is 10.7. The van der Waals surface area contributed by atoms with Crippen LogP contribution in [0.25, 0.3) is 0 Å². The Labute approximate surface area is 171 Å². The molecule has 2 aromatic carbocycles. The van der Waals surface area contributed by atoms with E-state index in [0.29, 0.717) is 11.4 Å². The average Bonchev–Trinajstić information content (AvgIpc) is 2.70. The van der Waals surface area contributed by atoms with Gasteiger partial charge in [-0.2, -0.15) is 0 Å². The minimum Gasteiger partial charge on any atom is -0.466 e. The molecular weight excluding hydrogens is 368 g/mol. The van der Waals surface area contributed by atoms with Gasteiger partial charge >= 0.3 is 11.9 Å². The van der Waals surface area contributed by atoms with Crippen molar-refractivity contribution in [2.45, 2.75) is 20.3 Å². The topological polar surface area (TPSA) is 76.7 Å². The van der Waals surface area contributed by atoms with E-state index in [2.05, 4.69) is 20.1 Å². The summed E-state index contributed by atoms with van der Waals surface area (Å²) in [5, 5.41) is 6.31. The summed E-state index contributed by atoms with van der Waals surface area (Å²) in [5.74, 6) is -0.777. The van der Waals surface area contributed by atoms with E-state index < -0.39 is 0 Å². The Bertz CT molecular complexity index is 822. The Morgan fingerprint density at radius 1 is 0.724 bits per heavy atom. The van der Waals surface area contributed by atoms with Crippen molar-refractivity contribution in [1.29, 1.82) is 0 Å². The SMILES string of the molecule is COC(=O)/C=C(\C)Nc1ccc(Cc2ccc(N/C(C)=C/C(=O)OC)cc2)cc1. The lowest BCUT2D eigenvalue weighted by atomic mass is 10.0. The lowest BCUT2D eigenvalue weighted by Crippen LogP contribution is -2.02. The Morgan fingerprint density at radius 3 is 1.38 bits per heavy atom. The third-order valence-electron chi connectivity index (χ3n) is 4.07. The van der Waals surface area contributed by atoms with E-state index in [1.54, 1.807) is 0 Å². The van der Waals surface area contributed by atoms with Gasteiger partial charge in [-0.3, -0.25) is 0 Å². The highest BCUT2D eigenvalue weighted by Crippen LogP contribution is 2.17. The number of anilines is 2. The first-order valence-electron chi connectivity index (χ1n) is 9.14. The Hall–Kier alpha value is -3.54. The molecule has 6 heteroatoms. The summed E-state index contributed by atoms with van der Waals surface area (Å²) in [6, 6.07) is 16.1. The van der Waals surface area contributed by atoms with Gasteiger partial charge < -0.3 is 20.1 Å². The first kappa shape index (κ1) is 21.8. The van der Waals surface area contributed by atoms with Crippen LogP contribution in [-0.4, -0.2) is 26.2 Å². The average molecular weight is 394 g/mol. The minimum absolute atomic E-state index is 0.388. The van der Waals surface area contributed by atoms with Crippen molar-refractivity contribution in [1.82, 2.24) is 0 Å². The fourth-order valence-electron chi connectivity index (χ4n) is 2.65. The molecule has 2 aromatic rings. The molecule has 0 saturated carbocycles. The molecule has 0 amide bonds. The van der Waals surface area contributed by atoms with E-state index in [1.165, 1.54) is 37.5 Å². The number of nitrogens with one attached hydrogen (secondary N) is 2. The molecule has 6 nitrogen and oxygen atoms in total. The van der Waals surface area contributed by atoms with Crippen LogP contribution in [0, 0.1) is 0 Å². The molecule has 0 aliphatic heterocycles. The highest BCUT2D eigenvalue weighted by molar-refractivity contribution is 5.83.